The lowest BCUT2D eigenvalue weighted by Crippen LogP contribution is -2.24. The molecule has 0 saturated carbocycles. The molecule has 0 atom stereocenters. The van der Waals surface area contributed by atoms with E-state index in [0.717, 1.165) is 22.2 Å². The summed E-state index contributed by atoms with van der Waals surface area (Å²) in [6, 6.07) is 11.3. The molecule has 0 unspecified atom stereocenters. The third kappa shape index (κ3) is 4.55. The Balaban J connectivity index is 1.50. The monoisotopic (exact) mass is 358 g/mol. The van der Waals surface area contributed by atoms with Crippen molar-refractivity contribution in [2.24, 2.45) is 0 Å². The van der Waals surface area contributed by atoms with Gasteiger partial charge in [-0.25, -0.2) is 4.63 Å². The summed E-state index contributed by atoms with van der Waals surface area (Å²) < 4.78 is 4.70. The fraction of sp³-hybridized carbons (Fsp3) is 0.278. The molecule has 130 valence electrons. The number of aryl methyl sites for hydroxylation is 1. The number of nitrogens with zero attached hydrogens (tertiary/aromatic N) is 3. The Morgan fingerprint density at radius 2 is 2.00 bits per heavy atom. The molecular formula is C18H19ClN4O2. The first-order chi connectivity index (χ1) is 12.0. The number of hydrogen-bond donors (Lipinski definition) is 1. The van der Waals surface area contributed by atoms with Crippen LogP contribution in [-0.2, 0) is 11.3 Å². The van der Waals surface area contributed by atoms with Crippen LogP contribution in [0.5, 0.6) is 0 Å². The molecule has 1 N–H and O–H groups in total. The number of benzene rings is 2. The maximum Gasteiger partial charge on any atom is 0.225 e. The Labute approximate surface area is 150 Å². The lowest BCUT2D eigenvalue weighted by molar-refractivity contribution is -0.116. The van der Waals surface area contributed by atoms with Crippen LogP contribution < -0.4 is 5.32 Å². The average Bonchev–Trinajstić information content (AvgIpc) is 3.04. The van der Waals surface area contributed by atoms with Gasteiger partial charge < -0.3 is 10.2 Å². The van der Waals surface area contributed by atoms with Crippen molar-refractivity contribution < 1.29 is 9.42 Å². The number of amides is 1. The van der Waals surface area contributed by atoms with E-state index in [1.165, 1.54) is 0 Å². The number of halogens is 1. The van der Waals surface area contributed by atoms with Crippen LogP contribution in [0.1, 0.15) is 17.5 Å². The van der Waals surface area contributed by atoms with Crippen LogP contribution in [0, 0.1) is 6.92 Å². The third-order valence-electron chi connectivity index (χ3n) is 3.95. The molecule has 0 fully saturated rings. The number of hydrogen-bond acceptors (Lipinski definition) is 5. The summed E-state index contributed by atoms with van der Waals surface area (Å²) in [6.45, 7) is 3.28. The van der Waals surface area contributed by atoms with E-state index in [0.29, 0.717) is 30.2 Å². The highest BCUT2D eigenvalue weighted by Crippen LogP contribution is 2.20. The van der Waals surface area contributed by atoms with Crippen molar-refractivity contribution in [1.82, 2.24) is 15.2 Å². The maximum atomic E-state index is 12.1. The first kappa shape index (κ1) is 17.4. The van der Waals surface area contributed by atoms with Crippen molar-refractivity contribution in [3.05, 3.63) is 52.5 Å². The first-order valence-corrected chi connectivity index (χ1v) is 8.35. The third-order valence-corrected chi connectivity index (χ3v) is 4.35. The van der Waals surface area contributed by atoms with Gasteiger partial charge in [0.2, 0.25) is 5.91 Å². The topological polar surface area (TPSA) is 71.3 Å². The number of nitrogens with one attached hydrogen (secondary N) is 1. The fourth-order valence-electron chi connectivity index (χ4n) is 2.50. The predicted octanol–water partition coefficient (Wildman–Crippen LogP) is 3.65. The number of aromatic nitrogens is 2. The number of carbonyl (C=O) groups excluding carboxylic acids is 1. The molecule has 0 aliphatic heterocycles. The summed E-state index contributed by atoms with van der Waals surface area (Å²) >= 11 is 6.07. The van der Waals surface area contributed by atoms with Crippen molar-refractivity contribution in [2.75, 3.05) is 18.9 Å². The minimum absolute atomic E-state index is 0.0390. The van der Waals surface area contributed by atoms with Crippen molar-refractivity contribution in [3.63, 3.8) is 0 Å². The van der Waals surface area contributed by atoms with E-state index in [-0.39, 0.29) is 5.91 Å². The minimum atomic E-state index is -0.0390. The van der Waals surface area contributed by atoms with Gasteiger partial charge in [-0.2, -0.15) is 0 Å². The van der Waals surface area contributed by atoms with E-state index in [2.05, 4.69) is 20.5 Å². The zero-order valence-electron chi connectivity index (χ0n) is 14.1. The van der Waals surface area contributed by atoms with Gasteiger partial charge in [-0.05, 0) is 59.7 Å². The quantitative estimate of drug-likeness (QED) is 0.728. The summed E-state index contributed by atoms with van der Waals surface area (Å²) in [6.07, 6.45) is 0.399. The molecule has 7 heteroatoms. The van der Waals surface area contributed by atoms with Gasteiger partial charge in [-0.3, -0.25) is 4.79 Å². The van der Waals surface area contributed by atoms with Gasteiger partial charge in [0.15, 0.2) is 0 Å². The molecule has 0 spiro atoms. The molecule has 1 aromatic heterocycles. The highest BCUT2D eigenvalue weighted by atomic mass is 35.5. The van der Waals surface area contributed by atoms with Gasteiger partial charge in [-0.15, -0.1) is 0 Å². The summed E-state index contributed by atoms with van der Waals surface area (Å²) in [5.41, 5.74) is 4.27. The second-order valence-electron chi connectivity index (χ2n) is 6.09. The molecule has 25 heavy (non-hydrogen) atoms. The Morgan fingerprint density at radius 1 is 1.20 bits per heavy atom. The molecule has 0 bridgehead atoms. The maximum absolute atomic E-state index is 12.1. The molecule has 6 nitrogen and oxygen atoms in total. The fourth-order valence-corrected chi connectivity index (χ4v) is 2.68. The molecule has 3 rings (SSSR count). The smallest absolute Gasteiger partial charge is 0.225 e. The molecule has 1 heterocycles. The van der Waals surface area contributed by atoms with Gasteiger partial charge in [0, 0.05) is 30.2 Å². The average molecular weight is 359 g/mol. The molecule has 3 aromatic rings. The van der Waals surface area contributed by atoms with Crippen LogP contribution in [0.3, 0.4) is 0 Å². The standard InChI is InChI=1S/C18H19ClN4O2/c1-12-3-5-14(10-15(12)19)20-18(24)7-8-23(2)11-13-4-6-16-17(9-13)22-25-21-16/h3-6,9-10H,7-8,11H2,1-2H3,(H,20,24). The van der Waals surface area contributed by atoms with Crippen LogP contribution in [0.15, 0.2) is 41.0 Å². The van der Waals surface area contributed by atoms with E-state index in [9.17, 15) is 4.79 Å². The van der Waals surface area contributed by atoms with Crippen LogP contribution in [-0.4, -0.2) is 34.7 Å². The summed E-state index contributed by atoms with van der Waals surface area (Å²) in [5, 5.41) is 11.1. The van der Waals surface area contributed by atoms with E-state index in [1.807, 2.05) is 44.3 Å². The Kier molecular flexibility index (Phi) is 5.31. The normalized spacial score (nSPS) is 11.2. The second kappa shape index (κ2) is 7.63. The number of fused-ring (bicyclic) bond motifs is 1. The summed E-state index contributed by atoms with van der Waals surface area (Å²) in [4.78, 5) is 14.2. The van der Waals surface area contributed by atoms with Gasteiger partial charge in [0.1, 0.15) is 11.0 Å². The van der Waals surface area contributed by atoms with Crippen molar-refractivity contribution in [3.8, 4) is 0 Å². The van der Waals surface area contributed by atoms with E-state index in [4.69, 9.17) is 16.2 Å². The van der Waals surface area contributed by atoms with Crippen molar-refractivity contribution in [1.29, 1.82) is 0 Å². The first-order valence-electron chi connectivity index (χ1n) is 7.97. The van der Waals surface area contributed by atoms with Crippen LogP contribution >= 0.6 is 11.6 Å². The van der Waals surface area contributed by atoms with E-state index >= 15 is 0 Å². The molecule has 0 aliphatic rings. The predicted molar refractivity (Wildman–Crippen MR) is 97.6 cm³/mol. The van der Waals surface area contributed by atoms with Gasteiger partial charge in [0.05, 0.1) is 0 Å². The van der Waals surface area contributed by atoms with Gasteiger partial charge in [-0.1, -0.05) is 23.7 Å². The molecule has 0 saturated heterocycles. The number of rotatable bonds is 6. The Morgan fingerprint density at radius 3 is 2.80 bits per heavy atom. The number of anilines is 1. The van der Waals surface area contributed by atoms with Gasteiger partial charge in [0.25, 0.3) is 0 Å². The molecular weight excluding hydrogens is 340 g/mol. The minimum Gasteiger partial charge on any atom is -0.326 e. The molecule has 1 amide bonds. The van der Waals surface area contributed by atoms with E-state index < -0.39 is 0 Å². The molecule has 2 aromatic carbocycles. The van der Waals surface area contributed by atoms with Gasteiger partial charge >= 0.3 is 0 Å². The highest BCUT2D eigenvalue weighted by Gasteiger charge is 2.08. The number of carbonyl (C=O) groups is 1. The molecule has 0 aliphatic carbocycles. The van der Waals surface area contributed by atoms with Crippen LogP contribution in [0.4, 0.5) is 5.69 Å². The lowest BCUT2D eigenvalue weighted by atomic mass is 10.2. The van der Waals surface area contributed by atoms with Crippen molar-refractivity contribution in [2.45, 2.75) is 19.9 Å². The second-order valence-corrected chi connectivity index (χ2v) is 6.49. The van der Waals surface area contributed by atoms with Crippen molar-refractivity contribution >= 4 is 34.2 Å². The zero-order chi connectivity index (χ0) is 17.8. The lowest BCUT2D eigenvalue weighted by Gasteiger charge is -2.16. The summed E-state index contributed by atoms with van der Waals surface area (Å²) in [5.74, 6) is -0.0390. The van der Waals surface area contributed by atoms with Crippen LogP contribution in [0.2, 0.25) is 5.02 Å². The van der Waals surface area contributed by atoms with E-state index in [1.54, 1.807) is 6.07 Å². The highest BCUT2D eigenvalue weighted by molar-refractivity contribution is 6.31. The zero-order valence-corrected chi connectivity index (χ0v) is 14.9. The Hall–Kier alpha value is -2.44. The largest absolute Gasteiger partial charge is 0.326 e. The SMILES string of the molecule is Cc1ccc(NC(=O)CCN(C)Cc2ccc3nonc3c2)cc1Cl. The summed E-state index contributed by atoms with van der Waals surface area (Å²) in [7, 11) is 1.97. The Bertz CT molecular complexity index is 894. The van der Waals surface area contributed by atoms with Crippen LogP contribution in [0.25, 0.3) is 11.0 Å². The molecule has 0 radical (unpaired) electrons.